The molecule has 0 aromatic heterocycles. The van der Waals surface area contributed by atoms with E-state index in [0.29, 0.717) is 18.8 Å². The van der Waals surface area contributed by atoms with Gasteiger partial charge in [0.05, 0.1) is 6.61 Å². The van der Waals surface area contributed by atoms with Crippen LogP contribution in [0.25, 0.3) is 10.8 Å². The molecule has 0 bridgehead atoms. The van der Waals surface area contributed by atoms with Crippen LogP contribution < -0.4 is 9.47 Å². The zero-order valence-corrected chi connectivity index (χ0v) is 18.0. The highest BCUT2D eigenvalue weighted by Crippen LogP contribution is 2.33. The minimum absolute atomic E-state index is 0.287. The van der Waals surface area contributed by atoms with E-state index in [9.17, 15) is 4.79 Å². The van der Waals surface area contributed by atoms with Crippen molar-refractivity contribution in [3.63, 3.8) is 0 Å². The van der Waals surface area contributed by atoms with E-state index >= 15 is 0 Å². The average molecular weight is 399 g/mol. The van der Waals surface area contributed by atoms with E-state index in [1.165, 1.54) is 0 Å². The smallest absolute Gasteiger partial charge is 0.333 e. The van der Waals surface area contributed by atoms with Gasteiger partial charge in [0.2, 0.25) is 0 Å². The Morgan fingerprint density at radius 3 is 2.14 bits per heavy atom. The minimum Gasteiger partial charge on any atom is -0.493 e. The van der Waals surface area contributed by atoms with E-state index in [4.69, 9.17) is 14.2 Å². The number of esters is 1. The molecule has 0 aliphatic rings. The Labute approximate surface area is 174 Å². The van der Waals surface area contributed by atoms with Gasteiger partial charge >= 0.3 is 5.97 Å². The quantitative estimate of drug-likeness (QED) is 0.220. The van der Waals surface area contributed by atoms with Crippen LogP contribution in [0.4, 0.5) is 0 Å². The molecule has 0 heterocycles. The fraction of sp³-hybridized carbons (Fsp3) is 0.480. The number of ether oxygens (including phenoxy) is 3. The molecule has 0 amide bonds. The van der Waals surface area contributed by atoms with E-state index in [1.807, 2.05) is 36.4 Å². The van der Waals surface area contributed by atoms with Gasteiger partial charge < -0.3 is 14.2 Å². The molecule has 29 heavy (non-hydrogen) atoms. The first-order valence-electron chi connectivity index (χ1n) is 10.7. The highest BCUT2D eigenvalue weighted by Gasteiger charge is 2.17. The summed E-state index contributed by atoms with van der Waals surface area (Å²) in [5.41, 5.74) is 0.407. The van der Waals surface area contributed by atoms with Gasteiger partial charge in [0.1, 0.15) is 24.2 Å². The van der Waals surface area contributed by atoms with Gasteiger partial charge in [-0.15, -0.1) is 0 Å². The van der Waals surface area contributed by atoms with Crippen molar-refractivity contribution < 1.29 is 19.0 Å². The van der Waals surface area contributed by atoms with Crippen LogP contribution in [-0.4, -0.2) is 25.3 Å². The maximum Gasteiger partial charge on any atom is 0.333 e. The summed E-state index contributed by atoms with van der Waals surface area (Å²) in [6.45, 7) is 10.7. The van der Waals surface area contributed by atoms with Crippen LogP contribution in [0.5, 0.6) is 11.5 Å². The Bertz CT molecular complexity index is 797. The molecule has 0 spiro atoms. The number of unbranched alkanes of at least 4 members (excludes halogenated alkanes) is 3. The van der Waals surface area contributed by atoms with Crippen molar-refractivity contribution in [3.8, 4) is 11.5 Å². The molecule has 0 saturated heterocycles. The lowest BCUT2D eigenvalue weighted by atomic mass is 10.1. The first-order valence-corrected chi connectivity index (χ1v) is 10.7. The monoisotopic (exact) mass is 398 g/mol. The molecule has 2 rings (SSSR count). The molecule has 0 fully saturated rings. The number of hydrogen-bond donors (Lipinski definition) is 0. The van der Waals surface area contributed by atoms with E-state index < -0.39 is 0 Å². The van der Waals surface area contributed by atoms with Crippen LogP contribution in [0.1, 0.15) is 59.3 Å². The van der Waals surface area contributed by atoms with Gasteiger partial charge in [-0.25, -0.2) is 4.79 Å². The van der Waals surface area contributed by atoms with Gasteiger partial charge in [-0.3, -0.25) is 0 Å². The molecule has 4 nitrogen and oxygen atoms in total. The highest BCUT2D eigenvalue weighted by atomic mass is 16.6. The van der Waals surface area contributed by atoms with Crippen LogP contribution in [0.3, 0.4) is 0 Å². The Balaban J connectivity index is 2.12. The van der Waals surface area contributed by atoms with E-state index in [2.05, 4.69) is 20.4 Å². The summed E-state index contributed by atoms with van der Waals surface area (Å²) >= 11 is 0. The Morgan fingerprint density at radius 1 is 0.931 bits per heavy atom. The molecule has 2 aromatic rings. The number of carbonyl (C=O) groups excluding carboxylic acids is 1. The zero-order valence-electron chi connectivity index (χ0n) is 18.0. The van der Waals surface area contributed by atoms with E-state index in [1.54, 1.807) is 6.92 Å². The van der Waals surface area contributed by atoms with Gasteiger partial charge in [0, 0.05) is 16.3 Å². The number of fused-ring (bicyclic) bond motifs is 1. The van der Waals surface area contributed by atoms with Gasteiger partial charge in [-0.05, 0) is 38.3 Å². The second kappa shape index (κ2) is 12.2. The predicted octanol–water partition coefficient (Wildman–Crippen LogP) is 6.47. The molecule has 0 radical (unpaired) electrons. The standard InChI is InChI=1S/C25H34O4/c1-5-7-9-12-20(29-25(26)19(3)4)18-28-24-16-15-23(27-17-8-6-2)21-13-10-11-14-22(21)24/h10-11,13-16,20H,3,5-9,12,17-18H2,1-2,4H3. The van der Waals surface area contributed by atoms with Gasteiger partial charge in [-0.1, -0.05) is 64.0 Å². The summed E-state index contributed by atoms with van der Waals surface area (Å²) < 4.78 is 17.7. The topological polar surface area (TPSA) is 44.8 Å². The molecule has 2 aromatic carbocycles. The summed E-state index contributed by atoms with van der Waals surface area (Å²) in [5.74, 6) is 1.28. The molecule has 4 heteroatoms. The molecule has 0 aliphatic carbocycles. The lowest BCUT2D eigenvalue weighted by molar-refractivity contribution is -0.146. The predicted molar refractivity (Wildman–Crippen MR) is 119 cm³/mol. The summed E-state index contributed by atoms with van der Waals surface area (Å²) in [7, 11) is 0. The average Bonchev–Trinajstić information content (AvgIpc) is 2.72. The summed E-state index contributed by atoms with van der Waals surface area (Å²) in [5, 5.41) is 2.03. The lowest BCUT2D eigenvalue weighted by Crippen LogP contribution is -2.25. The van der Waals surface area contributed by atoms with Crippen molar-refractivity contribution in [2.75, 3.05) is 13.2 Å². The van der Waals surface area contributed by atoms with Gasteiger partial charge in [0.25, 0.3) is 0 Å². The number of benzene rings is 2. The van der Waals surface area contributed by atoms with Gasteiger partial charge in [-0.2, -0.15) is 0 Å². The summed E-state index contributed by atoms with van der Waals surface area (Å²) in [6.07, 6.45) is 5.84. The van der Waals surface area contributed by atoms with Crippen LogP contribution in [-0.2, 0) is 9.53 Å². The third-order valence-electron chi connectivity index (χ3n) is 4.78. The van der Waals surface area contributed by atoms with Crippen molar-refractivity contribution >= 4 is 16.7 Å². The van der Waals surface area contributed by atoms with Crippen molar-refractivity contribution in [2.24, 2.45) is 0 Å². The Hall–Kier alpha value is -2.49. The van der Waals surface area contributed by atoms with Crippen LogP contribution >= 0.6 is 0 Å². The second-order valence-electron chi connectivity index (χ2n) is 7.42. The van der Waals surface area contributed by atoms with E-state index in [-0.39, 0.29) is 12.1 Å². The lowest BCUT2D eigenvalue weighted by Gasteiger charge is -2.20. The van der Waals surface area contributed by atoms with Crippen molar-refractivity contribution in [1.82, 2.24) is 0 Å². The molecule has 0 saturated carbocycles. The fourth-order valence-electron chi connectivity index (χ4n) is 3.05. The molecular weight excluding hydrogens is 364 g/mol. The number of hydrogen-bond acceptors (Lipinski definition) is 4. The number of rotatable bonds is 13. The second-order valence-corrected chi connectivity index (χ2v) is 7.42. The van der Waals surface area contributed by atoms with Crippen molar-refractivity contribution in [2.45, 2.75) is 65.4 Å². The summed E-state index contributed by atoms with van der Waals surface area (Å²) in [6, 6.07) is 12.0. The van der Waals surface area contributed by atoms with Crippen molar-refractivity contribution in [1.29, 1.82) is 0 Å². The third-order valence-corrected chi connectivity index (χ3v) is 4.78. The zero-order chi connectivity index (χ0) is 21.1. The first-order chi connectivity index (χ1) is 14.1. The summed E-state index contributed by atoms with van der Waals surface area (Å²) in [4.78, 5) is 12.0. The largest absolute Gasteiger partial charge is 0.493 e. The highest BCUT2D eigenvalue weighted by molar-refractivity contribution is 5.93. The third kappa shape index (κ3) is 7.12. The SMILES string of the molecule is C=C(C)C(=O)OC(CCCCC)COc1ccc(OCCCC)c2ccccc12. The van der Waals surface area contributed by atoms with E-state index in [0.717, 1.165) is 60.8 Å². The maximum absolute atomic E-state index is 12.0. The van der Waals surface area contributed by atoms with Crippen LogP contribution in [0, 0.1) is 0 Å². The first kappa shape index (κ1) is 22.8. The molecule has 0 aliphatic heterocycles. The Morgan fingerprint density at radius 2 is 1.55 bits per heavy atom. The molecule has 0 N–H and O–H groups in total. The van der Waals surface area contributed by atoms with Gasteiger partial charge in [0.15, 0.2) is 0 Å². The fourth-order valence-corrected chi connectivity index (χ4v) is 3.05. The molecule has 1 atom stereocenters. The minimum atomic E-state index is -0.361. The van der Waals surface area contributed by atoms with Crippen LogP contribution in [0.15, 0.2) is 48.6 Å². The molecular formula is C25H34O4. The number of carbonyl (C=O) groups is 1. The molecule has 158 valence electrons. The molecule has 1 unspecified atom stereocenters. The van der Waals surface area contributed by atoms with Crippen LogP contribution in [0.2, 0.25) is 0 Å². The van der Waals surface area contributed by atoms with Crippen molar-refractivity contribution in [3.05, 3.63) is 48.6 Å². The maximum atomic E-state index is 12.0. The Kier molecular flexibility index (Phi) is 9.55. The normalized spacial score (nSPS) is 11.8.